The summed E-state index contributed by atoms with van der Waals surface area (Å²) in [5.74, 6) is 0. The highest BCUT2D eigenvalue weighted by molar-refractivity contribution is 7.71. The Bertz CT molecular complexity index is 800. The molecule has 0 saturated heterocycles. The number of thiazole rings is 1. The van der Waals surface area contributed by atoms with E-state index in [9.17, 15) is 0 Å². The molecule has 3 nitrogen and oxygen atoms in total. The summed E-state index contributed by atoms with van der Waals surface area (Å²) < 4.78 is 2.73. The molecule has 3 rings (SSSR count). The van der Waals surface area contributed by atoms with Gasteiger partial charge in [0, 0.05) is 11.1 Å². The first-order valence-corrected chi connectivity index (χ1v) is 7.49. The van der Waals surface area contributed by atoms with Crippen molar-refractivity contribution in [2.75, 3.05) is 0 Å². The summed E-state index contributed by atoms with van der Waals surface area (Å²) in [5, 5.41) is 1.74. The molecular formula is C13H12ClN3S2. The Morgan fingerprint density at radius 1 is 1.47 bits per heavy atom. The molecule has 2 aromatic heterocycles. The predicted molar refractivity (Wildman–Crippen MR) is 82.8 cm³/mol. The van der Waals surface area contributed by atoms with Crippen LogP contribution in [-0.4, -0.2) is 14.5 Å². The third-order valence-corrected chi connectivity index (χ3v) is 4.78. The van der Waals surface area contributed by atoms with E-state index in [1.54, 1.807) is 11.3 Å². The molecule has 0 spiro atoms. The molecule has 1 N–H and O–H groups in total. The molecule has 0 aliphatic rings. The zero-order valence-corrected chi connectivity index (χ0v) is 12.9. The Hall–Kier alpha value is -1.17. The number of aromatic nitrogens is 3. The Morgan fingerprint density at radius 2 is 2.26 bits per heavy atom. The van der Waals surface area contributed by atoms with Crippen molar-refractivity contribution in [1.82, 2.24) is 14.5 Å². The molecule has 0 saturated carbocycles. The highest BCUT2D eigenvalue weighted by Crippen LogP contribution is 2.29. The van der Waals surface area contributed by atoms with Crippen LogP contribution in [0.3, 0.4) is 0 Å². The van der Waals surface area contributed by atoms with E-state index in [-0.39, 0.29) is 6.04 Å². The van der Waals surface area contributed by atoms with Gasteiger partial charge in [-0.1, -0.05) is 17.7 Å². The van der Waals surface area contributed by atoms with Crippen LogP contribution < -0.4 is 0 Å². The van der Waals surface area contributed by atoms with Gasteiger partial charge in [-0.05, 0) is 38.2 Å². The van der Waals surface area contributed by atoms with E-state index in [1.165, 1.54) is 4.88 Å². The van der Waals surface area contributed by atoms with Gasteiger partial charge in [0.2, 0.25) is 0 Å². The standard InChI is InChI=1S/C13H12ClN3S2/c1-7-6-15-12(19-7)8(2)17-10-5-3-4-9(14)11(10)16-13(17)18/h3-6,8H,1-2H3,(H,16,18). The maximum atomic E-state index is 6.19. The number of hydrogen-bond donors (Lipinski definition) is 1. The van der Waals surface area contributed by atoms with Gasteiger partial charge in [0.05, 0.1) is 22.1 Å². The lowest BCUT2D eigenvalue weighted by atomic mass is 10.3. The maximum absolute atomic E-state index is 6.19. The average Bonchev–Trinajstić information content (AvgIpc) is 2.93. The second kappa shape index (κ2) is 4.74. The molecule has 1 aromatic carbocycles. The molecule has 2 heterocycles. The summed E-state index contributed by atoms with van der Waals surface area (Å²) in [6, 6.07) is 5.91. The normalized spacial score (nSPS) is 13.0. The zero-order valence-electron chi connectivity index (χ0n) is 10.5. The van der Waals surface area contributed by atoms with Gasteiger partial charge in [0.25, 0.3) is 0 Å². The molecule has 0 amide bonds. The molecule has 1 unspecified atom stereocenters. The minimum Gasteiger partial charge on any atom is -0.329 e. The molecule has 0 radical (unpaired) electrons. The summed E-state index contributed by atoms with van der Waals surface area (Å²) in [6.07, 6.45) is 1.89. The van der Waals surface area contributed by atoms with Gasteiger partial charge >= 0.3 is 0 Å². The molecule has 0 aliphatic heterocycles. The first kappa shape index (κ1) is 12.8. The number of rotatable bonds is 2. The number of imidazole rings is 1. The Labute approximate surface area is 124 Å². The summed E-state index contributed by atoms with van der Waals surface area (Å²) in [4.78, 5) is 8.82. The number of hydrogen-bond acceptors (Lipinski definition) is 3. The topological polar surface area (TPSA) is 33.6 Å². The lowest BCUT2D eigenvalue weighted by molar-refractivity contribution is 0.644. The van der Waals surface area contributed by atoms with Crippen LogP contribution in [0, 0.1) is 11.7 Å². The van der Waals surface area contributed by atoms with Crippen LogP contribution in [0.15, 0.2) is 24.4 Å². The molecule has 1 atom stereocenters. The zero-order chi connectivity index (χ0) is 13.6. The van der Waals surface area contributed by atoms with Gasteiger partial charge < -0.3 is 9.55 Å². The van der Waals surface area contributed by atoms with E-state index in [4.69, 9.17) is 23.8 Å². The van der Waals surface area contributed by atoms with Crippen LogP contribution in [0.1, 0.15) is 22.9 Å². The number of halogens is 1. The monoisotopic (exact) mass is 309 g/mol. The minimum atomic E-state index is 0.0958. The van der Waals surface area contributed by atoms with Gasteiger partial charge in [-0.15, -0.1) is 11.3 Å². The number of nitrogens with zero attached hydrogens (tertiary/aromatic N) is 2. The fraction of sp³-hybridized carbons (Fsp3) is 0.231. The highest BCUT2D eigenvalue weighted by atomic mass is 35.5. The lowest BCUT2D eigenvalue weighted by Gasteiger charge is -2.11. The fourth-order valence-corrected chi connectivity index (χ4v) is 3.57. The van der Waals surface area contributed by atoms with Crippen molar-refractivity contribution in [3.8, 4) is 0 Å². The van der Waals surface area contributed by atoms with Crippen LogP contribution in [0.25, 0.3) is 11.0 Å². The van der Waals surface area contributed by atoms with Crippen LogP contribution in [0.5, 0.6) is 0 Å². The van der Waals surface area contributed by atoms with Crippen molar-refractivity contribution in [1.29, 1.82) is 0 Å². The molecule has 98 valence electrons. The number of aromatic amines is 1. The SMILES string of the molecule is Cc1cnc(C(C)n2c(=S)[nH]c3c(Cl)cccc32)s1. The second-order valence-corrected chi connectivity index (χ2v) is 6.48. The number of H-pyrrole nitrogens is 1. The first-order chi connectivity index (χ1) is 9.08. The second-order valence-electron chi connectivity index (χ2n) is 4.42. The average molecular weight is 310 g/mol. The Balaban J connectivity index is 2.23. The van der Waals surface area contributed by atoms with E-state index < -0.39 is 0 Å². The summed E-state index contributed by atoms with van der Waals surface area (Å²) in [6.45, 7) is 4.15. The quantitative estimate of drug-likeness (QED) is 0.694. The number of aryl methyl sites for hydroxylation is 1. The summed E-state index contributed by atoms with van der Waals surface area (Å²) in [5.41, 5.74) is 1.90. The minimum absolute atomic E-state index is 0.0958. The van der Waals surface area contributed by atoms with Crippen LogP contribution in [-0.2, 0) is 0 Å². The molecule has 6 heteroatoms. The summed E-state index contributed by atoms with van der Waals surface area (Å²) in [7, 11) is 0. The first-order valence-electron chi connectivity index (χ1n) is 5.89. The Morgan fingerprint density at radius 3 is 2.95 bits per heavy atom. The van der Waals surface area contributed by atoms with E-state index in [0.717, 1.165) is 16.0 Å². The smallest absolute Gasteiger partial charge is 0.178 e. The van der Waals surface area contributed by atoms with Gasteiger partial charge in [0.1, 0.15) is 5.01 Å². The summed E-state index contributed by atoms with van der Waals surface area (Å²) >= 11 is 13.3. The van der Waals surface area contributed by atoms with E-state index in [1.807, 2.05) is 24.4 Å². The van der Waals surface area contributed by atoms with Gasteiger partial charge in [-0.3, -0.25) is 0 Å². The van der Waals surface area contributed by atoms with E-state index in [2.05, 4.69) is 28.4 Å². The van der Waals surface area contributed by atoms with E-state index in [0.29, 0.717) is 9.79 Å². The van der Waals surface area contributed by atoms with Crippen molar-refractivity contribution in [2.24, 2.45) is 0 Å². The molecule has 19 heavy (non-hydrogen) atoms. The molecule has 0 aliphatic carbocycles. The predicted octanol–water partition coefficient (Wildman–Crippen LogP) is 4.73. The molecule has 3 aromatic rings. The molecular weight excluding hydrogens is 298 g/mol. The van der Waals surface area contributed by atoms with Gasteiger partial charge in [-0.2, -0.15) is 0 Å². The van der Waals surface area contributed by atoms with Crippen molar-refractivity contribution in [2.45, 2.75) is 19.9 Å². The third kappa shape index (κ3) is 2.12. The number of fused-ring (bicyclic) bond motifs is 1. The number of nitrogens with one attached hydrogen (secondary N) is 1. The van der Waals surface area contributed by atoms with Crippen LogP contribution >= 0.6 is 35.2 Å². The van der Waals surface area contributed by atoms with Crippen molar-refractivity contribution in [3.05, 3.63) is 44.1 Å². The molecule has 0 fully saturated rings. The van der Waals surface area contributed by atoms with Crippen molar-refractivity contribution < 1.29 is 0 Å². The largest absolute Gasteiger partial charge is 0.329 e. The van der Waals surface area contributed by atoms with E-state index >= 15 is 0 Å². The van der Waals surface area contributed by atoms with Gasteiger partial charge in [-0.25, -0.2) is 4.98 Å². The Kier molecular flexibility index (Phi) is 3.20. The highest BCUT2D eigenvalue weighted by Gasteiger charge is 2.16. The lowest BCUT2D eigenvalue weighted by Crippen LogP contribution is -2.06. The third-order valence-electron chi connectivity index (χ3n) is 3.09. The molecule has 0 bridgehead atoms. The van der Waals surface area contributed by atoms with Crippen molar-refractivity contribution >= 4 is 46.2 Å². The van der Waals surface area contributed by atoms with Crippen LogP contribution in [0.4, 0.5) is 0 Å². The number of benzene rings is 1. The number of para-hydroxylation sites is 1. The fourth-order valence-electron chi connectivity index (χ4n) is 2.17. The van der Waals surface area contributed by atoms with Gasteiger partial charge in [0.15, 0.2) is 4.77 Å². The van der Waals surface area contributed by atoms with Crippen LogP contribution in [0.2, 0.25) is 5.02 Å². The van der Waals surface area contributed by atoms with Crippen molar-refractivity contribution in [3.63, 3.8) is 0 Å². The maximum Gasteiger partial charge on any atom is 0.178 e.